The Morgan fingerprint density at radius 2 is 1.84 bits per heavy atom. The molecule has 2 fully saturated rings. The first kappa shape index (κ1) is 20.5. The van der Waals surface area contributed by atoms with Gasteiger partial charge in [-0.25, -0.2) is 17.8 Å². The first-order chi connectivity index (χ1) is 14.9. The quantitative estimate of drug-likeness (QED) is 0.584. The van der Waals surface area contributed by atoms with E-state index in [2.05, 4.69) is 19.2 Å². The molecule has 5 rings (SSSR count). The molecular formula is C21H22FN5O2S2. The molecule has 1 aromatic carbocycles. The van der Waals surface area contributed by atoms with Crippen LogP contribution in [0.5, 0.6) is 0 Å². The van der Waals surface area contributed by atoms with Crippen LogP contribution in [0.1, 0.15) is 24.2 Å². The molecule has 0 aliphatic carbocycles. The van der Waals surface area contributed by atoms with Crippen LogP contribution in [0.15, 0.2) is 53.7 Å². The van der Waals surface area contributed by atoms with Crippen molar-refractivity contribution < 1.29 is 12.8 Å². The minimum atomic E-state index is -3.48. The van der Waals surface area contributed by atoms with Crippen molar-refractivity contribution in [2.75, 3.05) is 31.1 Å². The first-order valence-corrected chi connectivity index (χ1v) is 12.4. The third-order valence-corrected chi connectivity index (χ3v) is 8.81. The lowest BCUT2D eigenvalue weighted by Gasteiger charge is -2.53. The largest absolute Gasteiger partial charge is 0.346 e. The summed E-state index contributed by atoms with van der Waals surface area (Å²) < 4.78 is 44.7. The Bertz CT molecular complexity index is 1150. The number of hydrogen-bond acceptors (Lipinski definition) is 7. The molecule has 1 spiro atoms. The van der Waals surface area contributed by atoms with Crippen LogP contribution in [-0.4, -0.2) is 53.2 Å². The summed E-state index contributed by atoms with van der Waals surface area (Å²) in [6, 6.07) is 9.64. The van der Waals surface area contributed by atoms with E-state index in [1.165, 1.54) is 29.9 Å². The van der Waals surface area contributed by atoms with Crippen LogP contribution in [0.4, 0.5) is 9.52 Å². The van der Waals surface area contributed by atoms with Crippen LogP contribution in [0.25, 0.3) is 0 Å². The highest BCUT2D eigenvalue weighted by Crippen LogP contribution is 2.43. The van der Waals surface area contributed by atoms with Gasteiger partial charge in [0.15, 0.2) is 0 Å². The molecule has 4 heterocycles. The van der Waals surface area contributed by atoms with Gasteiger partial charge < -0.3 is 4.90 Å². The highest BCUT2D eigenvalue weighted by molar-refractivity contribution is 7.89. The normalized spacial score (nSPS) is 18.8. The van der Waals surface area contributed by atoms with E-state index in [0.29, 0.717) is 19.5 Å². The standard InChI is InChI=1S/C21H22FN5O2S2/c22-17-5-3-16(4-6-17)12-19-24-20(30-25-19)26-14-21(15-26)7-10-27(11-8-21)31(28,29)18-2-1-9-23-13-18/h1-6,9,13H,7-8,10-12,14-15H2. The van der Waals surface area contributed by atoms with Crippen molar-refractivity contribution >= 4 is 26.7 Å². The van der Waals surface area contributed by atoms with Crippen molar-refractivity contribution in [3.8, 4) is 0 Å². The van der Waals surface area contributed by atoms with Crippen LogP contribution >= 0.6 is 11.5 Å². The molecule has 2 aliphatic rings. The average Bonchev–Trinajstić information content (AvgIpc) is 3.22. The fourth-order valence-corrected chi connectivity index (χ4v) is 6.38. The molecule has 0 saturated carbocycles. The molecule has 2 saturated heterocycles. The van der Waals surface area contributed by atoms with Gasteiger partial charge in [0.2, 0.25) is 15.2 Å². The van der Waals surface area contributed by atoms with Gasteiger partial charge in [0, 0.05) is 61.9 Å². The van der Waals surface area contributed by atoms with Gasteiger partial charge in [-0.3, -0.25) is 4.98 Å². The Morgan fingerprint density at radius 3 is 2.52 bits per heavy atom. The van der Waals surface area contributed by atoms with Crippen molar-refractivity contribution in [2.45, 2.75) is 24.2 Å². The van der Waals surface area contributed by atoms with Gasteiger partial charge in [-0.2, -0.15) is 8.68 Å². The molecule has 0 unspecified atom stereocenters. The van der Waals surface area contributed by atoms with Gasteiger partial charge in [-0.15, -0.1) is 0 Å². The fourth-order valence-electron chi connectivity index (χ4n) is 4.29. The van der Waals surface area contributed by atoms with Gasteiger partial charge in [-0.1, -0.05) is 12.1 Å². The molecule has 10 heteroatoms. The lowest BCUT2D eigenvalue weighted by atomic mass is 9.73. The first-order valence-electron chi connectivity index (χ1n) is 10.2. The molecule has 162 valence electrons. The SMILES string of the molecule is O=S(=O)(c1cccnc1)N1CCC2(CC1)CN(c1nc(Cc3ccc(F)cc3)ns1)C2. The minimum Gasteiger partial charge on any atom is -0.346 e. The molecule has 0 atom stereocenters. The summed E-state index contributed by atoms with van der Waals surface area (Å²) in [5.74, 6) is 0.491. The summed E-state index contributed by atoms with van der Waals surface area (Å²) in [6.07, 6.45) is 5.24. The smallest absolute Gasteiger partial charge is 0.244 e. The molecule has 3 aromatic rings. The van der Waals surface area contributed by atoms with Crippen LogP contribution < -0.4 is 4.90 Å². The Morgan fingerprint density at radius 1 is 1.10 bits per heavy atom. The number of piperidine rings is 1. The molecule has 7 nitrogen and oxygen atoms in total. The maximum absolute atomic E-state index is 13.1. The Hall–Kier alpha value is -2.43. The summed E-state index contributed by atoms with van der Waals surface area (Å²) >= 11 is 1.38. The number of sulfonamides is 1. The molecule has 0 N–H and O–H groups in total. The van der Waals surface area contributed by atoms with Gasteiger partial charge in [0.05, 0.1) is 0 Å². The predicted molar refractivity (Wildman–Crippen MR) is 116 cm³/mol. The fraction of sp³-hybridized carbons (Fsp3) is 0.381. The van der Waals surface area contributed by atoms with E-state index in [-0.39, 0.29) is 16.1 Å². The highest BCUT2D eigenvalue weighted by Gasteiger charge is 2.47. The zero-order valence-corrected chi connectivity index (χ0v) is 18.4. The average molecular weight is 460 g/mol. The van der Waals surface area contributed by atoms with E-state index >= 15 is 0 Å². The summed E-state index contributed by atoms with van der Waals surface area (Å²) in [5.41, 5.74) is 1.12. The minimum absolute atomic E-state index is 0.143. The molecule has 31 heavy (non-hydrogen) atoms. The van der Waals surface area contributed by atoms with Crippen LogP contribution in [0.3, 0.4) is 0 Å². The second-order valence-corrected chi connectivity index (χ2v) is 10.9. The summed E-state index contributed by atoms with van der Waals surface area (Å²) in [4.78, 5) is 11.1. The zero-order valence-electron chi connectivity index (χ0n) is 16.8. The Kier molecular flexibility index (Phi) is 5.23. The lowest BCUT2D eigenvalue weighted by Crippen LogP contribution is -2.61. The van der Waals surface area contributed by atoms with Gasteiger partial charge in [-0.05, 0) is 42.7 Å². The molecular weight excluding hydrogens is 437 g/mol. The van der Waals surface area contributed by atoms with Gasteiger partial charge in [0.1, 0.15) is 16.5 Å². The van der Waals surface area contributed by atoms with Crippen molar-refractivity contribution in [1.82, 2.24) is 18.6 Å². The number of pyridine rings is 1. The number of aromatic nitrogens is 3. The Labute approximate surface area is 184 Å². The number of nitrogens with zero attached hydrogens (tertiary/aromatic N) is 5. The second kappa shape index (κ2) is 7.92. The van der Waals surface area contributed by atoms with E-state index in [4.69, 9.17) is 0 Å². The number of benzene rings is 1. The number of rotatable bonds is 5. The monoisotopic (exact) mass is 459 g/mol. The zero-order chi connectivity index (χ0) is 21.5. The molecule has 2 aliphatic heterocycles. The van der Waals surface area contributed by atoms with E-state index in [9.17, 15) is 12.8 Å². The number of anilines is 1. The topological polar surface area (TPSA) is 79.3 Å². The van der Waals surface area contributed by atoms with Crippen molar-refractivity contribution in [3.05, 3.63) is 66.0 Å². The molecule has 0 bridgehead atoms. The molecule has 2 aromatic heterocycles. The van der Waals surface area contributed by atoms with Crippen molar-refractivity contribution in [2.24, 2.45) is 5.41 Å². The highest BCUT2D eigenvalue weighted by atomic mass is 32.2. The molecule has 0 amide bonds. The maximum Gasteiger partial charge on any atom is 0.244 e. The van der Waals surface area contributed by atoms with Crippen molar-refractivity contribution in [3.63, 3.8) is 0 Å². The van der Waals surface area contributed by atoms with Crippen molar-refractivity contribution in [1.29, 1.82) is 0 Å². The van der Waals surface area contributed by atoms with Gasteiger partial charge in [0.25, 0.3) is 0 Å². The number of hydrogen-bond donors (Lipinski definition) is 0. The van der Waals surface area contributed by atoms with E-state index < -0.39 is 10.0 Å². The van der Waals surface area contributed by atoms with E-state index in [1.807, 2.05) is 0 Å². The van der Waals surface area contributed by atoms with E-state index in [1.54, 1.807) is 34.8 Å². The van der Waals surface area contributed by atoms with Crippen LogP contribution in [-0.2, 0) is 16.4 Å². The second-order valence-electron chi connectivity index (χ2n) is 8.25. The predicted octanol–water partition coefficient (Wildman–Crippen LogP) is 2.95. The van der Waals surface area contributed by atoms with E-state index in [0.717, 1.165) is 42.5 Å². The lowest BCUT2D eigenvalue weighted by molar-refractivity contribution is 0.114. The van der Waals surface area contributed by atoms with Gasteiger partial charge >= 0.3 is 0 Å². The number of halogens is 1. The Balaban J connectivity index is 1.17. The van der Waals surface area contributed by atoms with Crippen LogP contribution in [0, 0.1) is 11.2 Å². The summed E-state index contributed by atoms with van der Waals surface area (Å²) in [7, 11) is -3.48. The third kappa shape index (κ3) is 4.07. The maximum atomic E-state index is 13.1. The third-order valence-electron chi connectivity index (χ3n) is 6.11. The molecule has 0 radical (unpaired) electrons. The summed E-state index contributed by atoms with van der Waals surface area (Å²) in [6.45, 7) is 2.80. The summed E-state index contributed by atoms with van der Waals surface area (Å²) in [5, 5.41) is 0.896. The van der Waals surface area contributed by atoms with Crippen LogP contribution in [0.2, 0.25) is 0 Å².